The first-order chi connectivity index (χ1) is 12.4. The van der Waals surface area contributed by atoms with E-state index in [1.807, 2.05) is 0 Å². The molecule has 0 radical (unpaired) electrons. The third-order valence-corrected chi connectivity index (χ3v) is 4.17. The van der Waals surface area contributed by atoms with Gasteiger partial charge in [0.15, 0.2) is 0 Å². The van der Waals surface area contributed by atoms with Gasteiger partial charge in [0, 0.05) is 6.20 Å². The van der Waals surface area contributed by atoms with Crippen LogP contribution in [-0.2, 0) is 16.4 Å². The molecular formula is C19H14F3N3O. The fraction of sp³-hybridized carbons (Fsp3) is 0.105. The fourth-order valence-electron chi connectivity index (χ4n) is 3.00. The highest BCUT2D eigenvalue weighted by molar-refractivity contribution is 5.94. The Kier molecular flexibility index (Phi) is 4.46. The summed E-state index contributed by atoms with van der Waals surface area (Å²) < 4.78 is 39.7. The van der Waals surface area contributed by atoms with Gasteiger partial charge in [-0.15, -0.1) is 0 Å². The van der Waals surface area contributed by atoms with Gasteiger partial charge in [-0.1, -0.05) is 48.5 Å². The average Bonchev–Trinajstić information content (AvgIpc) is 2.63. The summed E-state index contributed by atoms with van der Waals surface area (Å²) in [5.41, 5.74) is 3.91. The van der Waals surface area contributed by atoms with Gasteiger partial charge >= 0.3 is 6.18 Å². The summed E-state index contributed by atoms with van der Waals surface area (Å²) in [7, 11) is 0. The number of primary amides is 1. The second-order valence-electron chi connectivity index (χ2n) is 5.65. The van der Waals surface area contributed by atoms with Gasteiger partial charge in [-0.3, -0.25) is 4.79 Å². The molecular weight excluding hydrogens is 343 g/mol. The first-order valence-corrected chi connectivity index (χ1v) is 7.66. The van der Waals surface area contributed by atoms with Gasteiger partial charge in [-0.25, -0.2) is 9.97 Å². The summed E-state index contributed by atoms with van der Waals surface area (Å²) in [5.74, 6) is -0.832. The van der Waals surface area contributed by atoms with Crippen molar-refractivity contribution in [1.29, 1.82) is 0 Å². The van der Waals surface area contributed by atoms with Crippen LogP contribution in [0.2, 0.25) is 0 Å². The van der Waals surface area contributed by atoms with E-state index in [1.165, 1.54) is 30.7 Å². The van der Waals surface area contributed by atoms with E-state index in [0.717, 1.165) is 12.1 Å². The van der Waals surface area contributed by atoms with Crippen molar-refractivity contribution >= 4 is 5.91 Å². The molecule has 3 aromatic rings. The Hall–Kier alpha value is -3.22. The normalized spacial score (nSPS) is 13.8. The Morgan fingerprint density at radius 1 is 0.885 bits per heavy atom. The number of nitrogens with two attached hydrogens (primary N) is 1. The molecule has 4 nitrogen and oxygen atoms in total. The molecule has 7 heteroatoms. The summed E-state index contributed by atoms with van der Waals surface area (Å²) in [6.45, 7) is 0. The van der Waals surface area contributed by atoms with Gasteiger partial charge < -0.3 is 5.73 Å². The maximum absolute atomic E-state index is 13.2. The van der Waals surface area contributed by atoms with E-state index >= 15 is 0 Å². The van der Waals surface area contributed by atoms with Gasteiger partial charge in [0.05, 0.1) is 11.3 Å². The number of hydrogen-bond acceptors (Lipinski definition) is 3. The van der Waals surface area contributed by atoms with Crippen LogP contribution < -0.4 is 5.73 Å². The van der Waals surface area contributed by atoms with E-state index in [1.54, 1.807) is 30.3 Å². The molecule has 2 N–H and O–H groups in total. The smallest absolute Gasteiger partial charge is 0.368 e. The molecule has 1 aromatic heterocycles. The minimum absolute atomic E-state index is 0.0877. The third kappa shape index (κ3) is 2.92. The van der Waals surface area contributed by atoms with Gasteiger partial charge in [-0.05, 0) is 23.3 Å². The summed E-state index contributed by atoms with van der Waals surface area (Å²) in [5, 5.41) is 0. The van der Waals surface area contributed by atoms with Crippen LogP contribution in [0.15, 0.2) is 73.2 Å². The fourth-order valence-corrected chi connectivity index (χ4v) is 3.00. The molecule has 0 saturated carbocycles. The molecule has 0 aliphatic rings. The Labute approximate surface area is 147 Å². The number of amides is 1. The first kappa shape index (κ1) is 17.6. The predicted octanol–water partition coefficient (Wildman–Crippen LogP) is 3.32. The number of nitrogens with zero attached hydrogens (tertiary/aromatic N) is 2. The van der Waals surface area contributed by atoms with Crippen LogP contribution in [0, 0.1) is 0 Å². The van der Waals surface area contributed by atoms with Gasteiger partial charge in [0.1, 0.15) is 11.7 Å². The molecule has 2 aromatic carbocycles. The number of carbonyl (C=O) groups excluding carboxylic acids is 1. The quantitative estimate of drug-likeness (QED) is 0.779. The molecule has 1 amide bonds. The molecule has 26 heavy (non-hydrogen) atoms. The summed E-state index contributed by atoms with van der Waals surface area (Å²) in [6.07, 6.45) is -1.91. The Bertz CT molecular complexity index is 873. The van der Waals surface area contributed by atoms with Gasteiger partial charge in [-0.2, -0.15) is 13.2 Å². The zero-order valence-corrected chi connectivity index (χ0v) is 13.4. The Morgan fingerprint density at radius 3 is 2.12 bits per heavy atom. The van der Waals surface area contributed by atoms with Crippen molar-refractivity contribution in [3.63, 3.8) is 0 Å². The van der Waals surface area contributed by atoms with E-state index in [9.17, 15) is 18.0 Å². The Balaban J connectivity index is 2.37. The zero-order chi connectivity index (χ0) is 18.8. The first-order valence-electron chi connectivity index (χ1n) is 7.66. The van der Waals surface area contributed by atoms with Crippen molar-refractivity contribution in [2.45, 2.75) is 11.6 Å². The lowest BCUT2D eigenvalue weighted by Crippen LogP contribution is -2.44. The highest BCUT2D eigenvalue weighted by atomic mass is 19.4. The lowest BCUT2D eigenvalue weighted by Gasteiger charge is -2.31. The van der Waals surface area contributed by atoms with Gasteiger partial charge in [0.25, 0.3) is 0 Å². The molecule has 132 valence electrons. The second-order valence-corrected chi connectivity index (χ2v) is 5.65. The van der Waals surface area contributed by atoms with E-state index in [0.29, 0.717) is 5.56 Å². The van der Waals surface area contributed by atoms with Crippen LogP contribution in [-0.4, -0.2) is 15.9 Å². The Morgan fingerprint density at radius 2 is 1.54 bits per heavy atom. The molecule has 0 saturated heterocycles. The van der Waals surface area contributed by atoms with Crippen molar-refractivity contribution in [3.05, 3.63) is 95.6 Å². The van der Waals surface area contributed by atoms with Crippen LogP contribution in [0.25, 0.3) is 0 Å². The third-order valence-electron chi connectivity index (χ3n) is 4.17. The van der Waals surface area contributed by atoms with Crippen molar-refractivity contribution < 1.29 is 18.0 Å². The van der Waals surface area contributed by atoms with E-state index in [2.05, 4.69) is 9.97 Å². The standard InChI is InChI=1S/C19H14F3N3O/c20-19(21,22)15-8-4-7-14(11-15)18(17(23)26,13-5-2-1-3-6-13)16-9-10-24-12-25-16/h1-12H,(H2,23,26). The van der Waals surface area contributed by atoms with E-state index in [4.69, 9.17) is 5.73 Å². The number of rotatable bonds is 4. The van der Waals surface area contributed by atoms with Crippen LogP contribution in [0.3, 0.4) is 0 Å². The maximum Gasteiger partial charge on any atom is 0.416 e. The molecule has 0 aliphatic heterocycles. The SMILES string of the molecule is NC(=O)C(c1ccccc1)(c1cccc(C(F)(F)F)c1)c1ccncn1. The van der Waals surface area contributed by atoms with Crippen molar-refractivity contribution in [2.24, 2.45) is 5.73 Å². The summed E-state index contributed by atoms with van der Waals surface area (Å²) >= 11 is 0. The molecule has 3 rings (SSSR count). The molecule has 1 unspecified atom stereocenters. The van der Waals surface area contributed by atoms with Crippen LogP contribution in [0.4, 0.5) is 13.2 Å². The van der Waals surface area contributed by atoms with Crippen LogP contribution in [0.1, 0.15) is 22.4 Å². The average molecular weight is 357 g/mol. The number of benzene rings is 2. The van der Waals surface area contributed by atoms with Crippen LogP contribution >= 0.6 is 0 Å². The number of hydrogen-bond donors (Lipinski definition) is 1. The molecule has 0 aliphatic carbocycles. The number of halogens is 3. The lowest BCUT2D eigenvalue weighted by atomic mass is 9.71. The topological polar surface area (TPSA) is 68.9 Å². The minimum atomic E-state index is -4.55. The molecule has 0 fully saturated rings. The van der Waals surface area contributed by atoms with Crippen LogP contribution in [0.5, 0.6) is 0 Å². The number of aromatic nitrogens is 2. The second kappa shape index (κ2) is 6.59. The minimum Gasteiger partial charge on any atom is -0.368 e. The summed E-state index contributed by atoms with van der Waals surface area (Å²) in [6, 6.07) is 14.4. The van der Waals surface area contributed by atoms with E-state index < -0.39 is 23.1 Å². The predicted molar refractivity (Wildman–Crippen MR) is 89.0 cm³/mol. The monoisotopic (exact) mass is 357 g/mol. The summed E-state index contributed by atoms with van der Waals surface area (Å²) in [4.78, 5) is 20.6. The lowest BCUT2D eigenvalue weighted by molar-refractivity contribution is -0.137. The van der Waals surface area contributed by atoms with Gasteiger partial charge in [0.2, 0.25) is 5.91 Å². The largest absolute Gasteiger partial charge is 0.416 e. The molecule has 0 spiro atoms. The van der Waals surface area contributed by atoms with Crippen molar-refractivity contribution in [1.82, 2.24) is 9.97 Å². The number of alkyl halides is 3. The highest BCUT2D eigenvalue weighted by Crippen LogP contribution is 2.40. The molecule has 0 bridgehead atoms. The molecule has 1 heterocycles. The maximum atomic E-state index is 13.2. The van der Waals surface area contributed by atoms with Crippen molar-refractivity contribution in [2.75, 3.05) is 0 Å². The number of carbonyl (C=O) groups is 1. The highest BCUT2D eigenvalue weighted by Gasteiger charge is 2.45. The molecule has 1 atom stereocenters. The zero-order valence-electron chi connectivity index (χ0n) is 13.4. The van der Waals surface area contributed by atoms with E-state index in [-0.39, 0.29) is 11.3 Å². The van der Waals surface area contributed by atoms with Crippen molar-refractivity contribution in [3.8, 4) is 0 Å².